The van der Waals surface area contributed by atoms with Gasteiger partial charge in [0.05, 0.1) is 24.5 Å². The molecule has 0 fully saturated rings. The number of ether oxygens (including phenoxy) is 1. The average molecular weight is 265 g/mol. The van der Waals surface area contributed by atoms with E-state index in [2.05, 4.69) is 0 Å². The molecule has 0 heterocycles. The quantitative estimate of drug-likeness (QED) is 0.476. The molecule has 0 aliphatic rings. The van der Waals surface area contributed by atoms with Gasteiger partial charge in [0.1, 0.15) is 0 Å². The van der Waals surface area contributed by atoms with Crippen molar-refractivity contribution in [3.63, 3.8) is 0 Å². The van der Waals surface area contributed by atoms with Crippen molar-refractivity contribution in [1.82, 2.24) is 4.90 Å². The topological polar surface area (TPSA) is 82.6 Å². The third-order valence-electron chi connectivity index (χ3n) is 2.95. The molecule has 4 N–H and O–H groups in total. The number of nitrogens with zero attached hydrogens (tertiary/aromatic N) is 1. The van der Waals surface area contributed by atoms with Gasteiger partial charge >= 0.3 is 0 Å². The van der Waals surface area contributed by atoms with Crippen molar-refractivity contribution >= 4 is 5.84 Å². The lowest BCUT2D eigenvalue weighted by Crippen LogP contribution is -2.37. The Balaban J connectivity index is 2.62. The minimum absolute atomic E-state index is 0.138. The average Bonchev–Trinajstić information content (AvgIpc) is 2.37. The van der Waals surface area contributed by atoms with Crippen molar-refractivity contribution in [1.29, 1.82) is 5.41 Å². The summed E-state index contributed by atoms with van der Waals surface area (Å²) in [6.45, 7) is 1.39. The molecule has 0 saturated carbocycles. The van der Waals surface area contributed by atoms with Crippen LogP contribution in [-0.2, 0) is 4.74 Å². The third kappa shape index (κ3) is 5.38. The predicted octanol–water partition coefficient (Wildman–Crippen LogP) is 0.645. The van der Waals surface area contributed by atoms with Gasteiger partial charge in [0, 0.05) is 20.2 Å². The molecule has 0 radical (unpaired) electrons. The van der Waals surface area contributed by atoms with E-state index in [1.807, 2.05) is 42.3 Å². The highest BCUT2D eigenvalue weighted by atomic mass is 16.5. The molecule has 5 heteroatoms. The monoisotopic (exact) mass is 265 g/mol. The van der Waals surface area contributed by atoms with E-state index >= 15 is 0 Å². The van der Waals surface area contributed by atoms with Gasteiger partial charge in [-0.15, -0.1) is 0 Å². The zero-order valence-electron chi connectivity index (χ0n) is 11.5. The zero-order valence-corrected chi connectivity index (χ0v) is 11.5. The third-order valence-corrected chi connectivity index (χ3v) is 2.95. The summed E-state index contributed by atoms with van der Waals surface area (Å²) in [5, 5.41) is 17.4. The van der Waals surface area contributed by atoms with Crippen LogP contribution in [0.3, 0.4) is 0 Å². The van der Waals surface area contributed by atoms with Crippen LogP contribution < -0.4 is 5.73 Å². The molecule has 0 aromatic heterocycles. The van der Waals surface area contributed by atoms with Gasteiger partial charge in [0.2, 0.25) is 0 Å². The van der Waals surface area contributed by atoms with Crippen LogP contribution in [0.2, 0.25) is 0 Å². The van der Waals surface area contributed by atoms with Crippen molar-refractivity contribution in [2.75, 3.05) is 33.9 Å². The first-order valence-electron chi connectivity index (χ1n) is 6.29. The van der Waals surface area contributed by atoms with Crippen molar-refractivity contribution in [2.45, 2.75) is 12.0 Å². The molecule has 5 nitrogen and oxygen atoms in total. The molecule has 0 amide bonds. The number of hydrogen-bond donors (Lipinski definition) is 3. The van der Waals surface area contributed by atoms with Crippen LogP contribution in [-0.4, -0.2) is 55.8 Å². The fraction of sp³-hybridized carbons (Fsp3) is 0.500. The highest BCUT2D eigenvalue weighted by Gasteiger charge is 2.18. The van der Waals surface area contributed by atoms with Crippen LogP contribution in [0.15, 0.2) is 30.3 Å². The van der Waals surface area contributed by atoms with Crippen LogP contribution in [0.5, 0.6) is 0 Å². The number of aliphatic hydroxyl groups excluding tert-OH is 1. The largest absolute Gasteiger partial charge is 0.389 e. The van der Waals surface area contributed by atoms with Gasteiger partial charge in [-0.05, 0) is 12.6 Å². The molecule has 2 unspecified atom stereocenters. The van der Waals surface area contributed by atoms with Crippen LogP contribution in [0.1, 0.15) is 11.5 Å². The molecule has 2 atom stereocenters. The lowest BCUT2D eigenvalue weighted by molar-refractivity contribution is 0.0431. The summed E-state index contributed by atoms with van der Waals surface area (Å²) in [6, 6.07) is 9.74. The number of amidine groups is 1. The summed E-state index contributed by atoms with van der Waals surface area (Å²) in [5.74, 6) is -0.0137. The van der Waals surface area contributed by atoms with Crippen molar-refractivity contribution < 1.29 is 9.84 Å². The number of nitrogens with two attached hydrogens (primary N) is 1. The Labute approximate surface area is 114 Å². The second-order valence-corrected chi connectivity index (χ2v) is 4.75. The van der Waals surface area contributed by atoms with Gasteiger partial charge in [-0.3, -0.25) is 5.41 Å². The molecule has 0 spiro atoms. The summed E-state index contributed by atoms with van der Waals surface area (Å²) in [7, 11) is 3.46. The number of methoxy groups -OCH3 is 1. The van der Waals surface area contributed by atoms with Crippen molar-refractivity contribution in [3.05, 3.63) is 35.9 Å². The molecule has 1 rings (SSSR count). The number of likely N-dealkylation sites (N-methyl/N-ethyl adjacent to an activating group) is 1. The smallest absolute Gasteiger partial charge is 0.0995 e. The highest BCUT2D eigenvalue weighted by Crippen LogP contribution is 2.16. The van der Waals surface area contributed by atoms with Crippen molar-refractivity contribution in [3.8, 4) is 0 Å². The molecular weight excluding hydrogens is 242 g/mol. The van der Waals surface area contributed by atoms with Gasteiger partial charge in [0.15, 0.2) is 0 Å². The summed E-state index contributed by atoms with van der Waals surface area (Å²) in [6.07, 6.45) is -0.529. The molecule has 19 heavy (non-hydrogen) atoms. The Morgan fingerprint density at radius 2 is 2.00 bits per heavy atom. The molecular formula is C14H23N3O2. The molecule has 0 aliphatic heterocycles. The first-order chi connectivity index (χ1) is 9.04. The van der Waals surface area contributed by atoms with E-state index in [-0.39, 0.29) is 11.8 Å². The zero-order chi connectivity index (χ0) is 14.3. The summed E-state index contributed by atoms with van der Waals surface area (Å²) in [4.78, 5) is 1.96. The molecule has 1 aromatic carbocycles. The van der Waals surface area contributed by atoms with Gasteiger partial charge < -0.3 is 20.5 Å². The maximum atomic E-state index is 9.69. The first kappa shape index (κ1) is 15.6. The molecule has 1 aromatic rings. The van der Waals surface area contributed by atoms with Crippen LogP contribution in [0, 0.1) is 5.41 Å². The second kappa shape index (κ2) is 7.89. The van der Waals surface area contributed by atoms with E-state index < -0.39 is 6.10 Å². The minimum Gasteiger partial charge on any atom is -0.389 e. The fourth-order valence-corrected chi connectivity index (χ4v) is 2.06. The summed E-state index contributed by atoms with van der Waals surface area (Å²) in [5.41, 5.74) is 6.69. The maximum absolute atomic E-state index is 9.69. The van der Waals surface area contributed by atoms with Crippen LogP contribution in [0.4, 0.5) is 0 Å². The Kier molecular flexibility index (Phi) is 6.49. The van der Waals surface area contributed by atoms with E-state index in [0.717, 1.165) is 5.56 Å². The lowest BCUT2D eigenvalue weighted by atomic mass is 9.97. The van der Waals surface area contributed by atoms with E-state index in [9.17, 15) is 5.11 Å². The van der Waals surface area contributed by atoms with E-state index in [1.54, 1.807) is 7.11 Å². The van der Waals surface area contributed by atoms with Crippen LogP contribution in [0.25, 0.3) is 0 Å². The Hall–Kier alpha value is -1.43. The number of rotatable bonds is 8. The van der Waals surface area contributed by atoms with E-state index in [0.29, 0.717) is 19.7 Å². The normalized spacial score (nSPS) is 14.3. The molecule has 0 aliphatic carbocycles. The van der Waals surface area contributed by atoms with Gasteiger partial charge in [-0.25, -0.2) is 0 Å². The fourth-order valence-electron chi connectivity index (χ4n) is 2.06. The SMILES string of the molecule is COCC(O)CN(C)CC(C(=N)N)c1ccccc1. The summed E-state index contributed by atoms with van der Waals surface area (Å²) >= 11 is 0. The highest BCUT2D eigenvalue weighted by molar-refractivity contribution is 5.84. The summed E-state index contributed by atoms with van der Waals surface area (Å²) < 4.78 is 4.90. The molecule has 0 bridgehead atoms. The van der Waals surface area contributed by atoms with Crippen LogP contribution >= 0.6 is 0 Å². The first-order valence-corrected chi connectivity index (χ1v) is 6.29. The maximum Gasteiger partial charge on any atom is 0.0995 e. The van der Waals surface area contributed by atoms with Gasteiger partial charge in [-0.1, -0.05) is 30.3 Å². The Morgan fingerprint density at radius 1 is 1.37 bits per heavy atom. The number of nitrogens with one attached hydrogen (secondary N) is 1. The van der Waals surface area contributed by atoms with Gasteiger partial charge in [0.25, 0.3) is 0 Å². The lowest BCUT2D eigenvalue weighted by Gasteiger charge is -2.25. The Bertz CT molecular complexity index is 384. The molecule has 0 saturated heterocycles. The van der Waals surface area contributed by atoms with E-state index in [1.165, 1.54) is 0 Å². The number of aliphatic hydroxyl groups is 1. The minimum atomic E-state index is -0.529. The number of hydrogen-bond acceptors (Lipinski definition) is 4. The Morgan fingerprint density at radius 3 is 2.53 bits per heavy atom. The predicted molar refractivity (Wildman–Crippen MR) is 76.5 cm³/mol. The standard InChI is InChI=1S/C14H23N3O2/c1-17(8-12(18)10-19-2)9-13(14(15)16)11-6-4-3-5-7-11/h3-7,12-13,18H,8-10H2,1-2H3,(H3,15,16). The number of benzene rings is 1. The van der Waals surface area contributed by atoms with Crippen molar-refractivity contribution in [2.24, 2.45) is 5.73 Å². The van der Waals surface area contributed by atoms with E-state index in [4.69, 9.17) is 15.9 Å². The second-order valence-electron chi connectivity index (χ2n) is 4.75. The van der Waals surface area contributed by atoms with Gasteiger partial charge in [-0.2, -0.15) is 0 Å². The molecule has 106 valence electrons.